The third kappa shape index (κ3) is 5.64. The molecule has 0 rings (SSSR count). The van der Waals surface area contributed by atoms with E-state index in [4.69, 9.17) is 20.4 Å². The number of allylic oxidation sites excluding steroid dienone is 1. The molecule has 8 nitrogen and oxygen atoms in total. The van der Waals surface area contributed by atoms with Crippen molar-refractivity contribution < 1.29 is 39.6 Å². The van der Waals surface area contributed by atoms with Crippen molar-refractivity contribution in [1.29, 1.82) is 0 Å². The van der Waals surface area contributed by atoms with Gasteiger partial charge >= 0.3 is 23.9 Å². The molecule has 21 heavy (non-hydrogen) atoms. The number of aliphatic carboxylic acids is 4. The van der Waals surface area contributed by atoms with Gasteiger partial charge in [-0.1, -0.05) is 13.0 Å². The minimum absolute atomic E-state index is 0.675. The van der Waals surface area contributed by atoms with E-state index < -0.39 is 60.4 Å². The molecule has 0 bridgehead atoms. The largest absolute Gasteiger partial charge is 0.481 e. The summed E-state index contributed by atoms with van der Waals surface area (Å²) >= 11 is 0. The van der Waals surface area contributed by atoms with Gasteiger partial charge in [0.05, 0.1) is 24.7 Å². The maximum atomic E-state index is 11.3. The fraction of sp³-hybridized carbons (Fsp3) is 0.538. The molecule has 0 aliphatic rings. The first-order chi connectivity index (χ1) is 9.61. The predicted octanol–water partition coefficient (Wildman–Crippen LogP) is 0.776. The van der Waals surface area contributed by atoms with Gasteiger partial charge in [-0.25, -0.2) is 0 Å². The van der Waals surface area contributed by atoms with Crippen LogP contribution in [0.4, 0.5) is 0 Å². The van der Waals surface area contributed by atoms with Crippen molar-refractivity contribution >= 4 is 23.9 Å². The van der Waals surface area contributed by atoms with E-state index in [1.54, 1.807) is 0 Å². The molecule has 0 heterocycles. The van der Waals surface area contributed by atoms with E-state index >= 15 is 0 Å². The molecule has 0 aromatic rings. The highest BCUT2D eigenvalue weighted by molar-refractivity contribution is 5.81. The Hall–Kier alpha value is -2.38. The molecule has 0 spiro atoms. The summed E-state index contributed by atoms with van der Waals surface area (Å²) in [6, 6.07) is 0. The van der Waals surface area contributed by atoms with Crippen LogP contribution in [0.1, 0.15) is 19.8 Å². The second-order valence-corrected chi connectivity index (χ2v) is 4.76. The highest BCUT2D eigenvalue weighted by atomic mass is 16.4. The maximum absolute atomic E-state index is 11.3. The molecule has 0 saturated heterocycles. The first-order valence-corrected chi connectivity index (χ1v) is 6.13. The average Bonchev–Trinajstić information content (AvgIpc) is 2.34. The summed E-state index contributed by atoms with van der Waals surface area (Å²) in [6.45, 7) is 4.92. The summed E-state index contributed by atoms with van der Waals surface area (Å²) < 4.78 is 0. The summed E-state index contributed by atoms with van der Waals surface area (Å²) in [5.41, 5.74) is 0. The van der Waals surface area contributed by atoms with Crippen LogP contribution in [-0.2, 0) is 19.2 Å². The lowest BCUT2D eigenvalue weighted by Gasteiger charge is -2.31. The minimum Gasteiger partial charge on any atom is -0.481 e. The quantitative estimate of drug-likeness (QED) is 0.432. The Kier molecular flexibility index (Phi) is 7.12. The Morgan fingerprint density at radius 2 is 1.24 bits per heavy atom. The number of rotatable bonds is 10. The third-order valence-electron chi connectivity index (χ3n) is 3.33. The molecule has 0 fully saturated rings. The zero-order chi connectivity index (χ0) is 16.7. The zero-order valence-corrected chi connectivity index (χ0v) is 11.4. The van der Waals surface area contributed by atoms with Crippen molar-refractivity contribution in [2.45, 2.75) is 19.8 Å². The van der Waals surface area contributed by atoms with Crippen molar-refractivity contribution in [3.05, 3.63) is 12.7 Å². The van der Waals surface area contributed by atoms with Crippen LogP contribution >= 0.6 is 0 Å². The zero-order valence-electron chi connectivity index (χ0n) is 11.4. The number of carbonyl (C=O) groups is 4. The summed E-state index contributed by atoms with van der Waals surface area (Å²) in [5.74, 6) is -10.7. The Labute approximate surface area is 120 Å². The minimum atomic E-state index is -1.52. The van der Waals surface area contributed by atoms with Gasteiger partial charge in [0.2, 0.25) is 0 Å². The van der Waals surface area contributed by atoms with Gasteiger partial charge in [0.25, 0.3) is 0 Å². The van der Waals surface area contributed by atoms with E-state index in [-0.39, 0.29) is 0 Å². The third-order valence-corrected chi connectivity index (χ3v) is 3.33. The van der Waals surface area contributed by atoms with Crippen molar-refractivity contribution in [2.24, 2.45) is 23.7 Å². The molecule has 0 aromatic carbocycles. The van der Waals surface area contributed by atoms with Crippen LogP contribution in [0.15, 0.2) is 12.7 Å². The van der Waals surface area contributed by atoms with Gasteiger partial charge in [-0.3, -0.25) is 19.2 Å². The first kappa shape index (κ1) is 18.6. The number of carboxylic acid groups (broad SMARTS) is 4. The Balaban J connectivity index is 5.72. The summed E-state index contributed by atoms with van der Waals surface area (Å²) in [5, 5.41) is 35.9. The molecule has 8 heteroatoms. The molecule has 0 aromatic heterocycles. The van der Waals surface area contributed by atoms with Crippen LogP contribution in [0.3, 0.4) is 0 Å². The summed E-state index contributed by atoms with van der Waals surface area (Å²) in [4.78, 5) is 44.1. The molecule has 0 amide bonds. The molecule has 0 saturated carbocycles. The van der Waals surface area contributed by atoms with Gasteiger partial charge in [0, 0.05) is 0 Å². The fourth-order valence-corrected chi connectivity index (χ4v) is 2.32. The summed E-state index contributed by atoms with van der Waals surface area (Å²) in [7, 11) is 0. The van der Waals surface area contributed by atoms with E-state index in [1.807, 2.05) is 0 Å². The van der Waals surface area contributed by atoms with Crippen molar-refractivity contribution in [1.82, 2.24) is 0 Å². The molecular formula is C13H18O8. The molecule has 118 valence electrons. The molecule has 3 unspecified atom stereocenters. The van der Waals surface area contributed by atoms with Crippen LogP contribution in [-0.4, -0.2) is 44.3 Å². The topological polar surface area (TPSA) is 149 Å². The highest BCUT2D eigenvalue weighted by Gasteiger charge is 2.42. The van der Waals surface area contributed by atoms with Gasteiger partial charge < -0.3 is 20.4 Å². The molecule has 0 radical (unpaired) electrons. The van der Waals surface area contributed by atoms with Gasteiger partial charge in [-0.2, -0.15) is 0 Å². The van der Waals surface area contributed by atoms with Crippen LogP contribution < -0.4 is 0 Å². The van der Waals surface area contributed by atoms with Crippen LogP contribution in [0.2, 0.25) is 0 Å². The van der Waals surface area contributed by atoms with Crippen LogP contribution in [0.5, 0.6) is 0 Å². The SMILES string of the molecule is C=CC(C)C(C(CC(=O)O)C(=O)O)C(CC(=O)O)C(=O)O. The maximum Gasteiger partial charge on any atom is 0.307 e. The monoisotopic (exact) mass is 302 g/mol. The average molecular weight is 302 g/mol. The highest BCUT2D eigenvalue weighted by Crippen LogP contribution is 2.34. The molecule has 4 N–H and O–H groups in total. The normalized spacial score (nSPS) is 16.2. The standard InChI is InChI=1S/C13H18O8/c1-3-6(2)11(7(12(18)19)4-9(14)15)8(13(20)21)5-10(16)17/h3,6-8,11H,1,4-5H2,2H3,(H,14,15)(H,16,17)(H,18,19)(H,20,21). The lowest BCUT2D eigenvalue weighted by atomic mass is 9.71. The predicted molar refractivity (Wildman–Crippen MR) is 69.6 cm³/mol. The van der Waals surface area contributed by atoms with E-state index in [2.05, 4.69) is 6.58 Å². The Bertz CT molecular complexity index is 407. The number of hydrogen-bond acceptors (Lipinski definition) is 4. The molecule has 3 atom stereocenters. The number of hydrogen-bond donors (Lipinski definition) is 4. The van der Waals surface area contributed by atoms with Crippen LogP contribution in [0.25, 0.3) is 0 Å². The van der Waals surface area contributed by atoms with Gasteiger partial charge in [-0.15, -0.1) is 6.58 Å². The van der Waals surface area contributed by atoms with Crippen LogP contribution in [0, 0.1) is 23.7 Å². The summed E-state index contributed by atoms with van der Waals surface area (Å²) in [6.07, 6.45) is -0.288. The van der Waals surface area contributed by atoms with E-state index in [9.17, 15) is 19.2 Å². The second-order valence-electron chi connectivity index (χ2n) is 4.76. The molecule has 0 aliphatic carbocycles. The number of carboxylic acids is 4. The van der Waals surface area contributed by atoms with Gasteiger partial charge in [0.15, 0.2) is 0 Å². The van der Waals surface area contributed by atoms with Crippen molar-refractivity contribution in [3.63, 3.8) is 0 Å². The Morgan fingerprint density at radius 1 is 0.905 bits per heavy atom. The van der Waals surface area contributed by atoms with E-state index in [1.165, 1.54) is 13.0 Å². The van der Waals surface area contributed by atoms with Gasteiger partial charge in [-0.05, 0) is 11.8 Å². The lowest BCUT2D eigenvalue weighted by Crippen LogP contribution is -2.39. The first-order valence-electron chi connectivity index (χ1n) is 6.13. The van der Waals surface area contributed by atoms with Crippen molar-refractivity contribution in [3.8, 4) is 0 Å². The fourth-order valence-electron chi connectivity index (χ4n) is 2.32. The molecular weight excluding hydrogens is 284 g/mol. The van der Waals surface area contributed by atoms with Crippen molar-refractivity contribution in [2.75, 3.05) is 0 Å². The second kappa shape index (κ2) is 8.03. The molecule has 0 aliphatic heterocycles. The Morgan fingerprint density at radius 3 is 1.43 bits per heavy atom. The lowest BCUT2D eigenvalue weighted by molar-refractivity contribution is -0.158. The smallest absolute Gasteiger partial charge is 0.307 e. The van der Waals surface area contributed by atoms with Gasteiger partial charge in [0.1, 0.15) is 0 Å². The van der Waals surface area contributed by atoms with E-state index in [0.717, 1.165) is 0 Å². The van der Waals surface area contributed by atoms with E-state index in [0.29, 0.717) is 0 Å².